The van der Waals surface area contributed by atoms with Crippen LogP contribution < -0.4 is 11.5 Å². The minimum absolute atomic E-state index is 0. The van der Waals surface area contributed by atoms with Crippen LogP contribution in [0.15, 0.2) is 48.5 Å². The number of nitrogens with two attached hydrogens (primary N) is 2. The summed E-state index contributed by atoms with van der Waals surface area (Å²) >= 11 is 3.04. The van der Waals surface area contributed by atoms with Crippen molar-refractivity contribution in [1.29, 1.82) is 0 Å². The fraction of sp³-hybridized carbons (Fsp3) is 0. The van der Waals surface area contributed by atoms with Crippen LogP contribution in [0.5, 0.6) is 0 Å². The quantitative estimate of drug-likeness (QED) is 0.519. The van der Waals surface area contributed by atoms with Crippen LogP contribution in [0.25, 0.3) is 20.4 Å². The van der Waals surface area contributed by atoms with Gasteiger partial charge in [0.05, 0.1) is 20.4 Å². The number of nitrogens with zero attached hydrogens (tertiary/aromatic N) is 2. The average molecular weight is 318 g/mol. The van der Waals surface area contributed by atoms with E-state index in [4.69, 9.17) is 11.5 Å². The van der Waals surface area contributed by atoms with Crippen molar-refractivity contribution in [1.82, 2.24) is 9.97 Å². The number of nitrogen functional groups attached to an aromatic ring is 2. The van der Waals surface area contributed by atoms with E-state index in [0.29, 0.717) is 10.3 Å². The Labute approximate surface area is 129 Å². The van der Waals surface area contributed by atoms with Gasteiger partial charge in [0.1, 0.15) is 0 Å². The lowest BCUT2D eigenvalue weighted by molar-refractivity contribution is 0.824. The zero-order valence-corrected chi connectivity index (χ0v) is 12.6. The molecule has 0 saturated heterocycles. The van der Waals surface area contributed by atoms with Crippen LogP contribution in [0.3, 0.4) is 0 Å². The van der Waals surface area contributed by atoms with E-state index in [0.717, 1.165) is 20.4 Å². The molecule has 6 N–H and O–H groups in total. The van der Waals surface area contributed by atoms with E-state index in [-0.39, 0.29) is 5.48 Å². The fourth-order valence-electron chi connectivity index (χ4n) is 1.78. The lowest BCUT2D eigenvalue weighted by atomic mass is 10.3. The van der Waals surface area contributed by atoms with Gasteiger partial charge in [-0.05, 0) is 24.3 Å². The molecule has 0 fully saturated rings. The Morgan fingerprint density at radius 1 is 0.667 bits per heavy atom. The van der Waals surface area contributed by atoms with Gasteiger partial charge < -0.3 is 16.9 Å². The van der Waals surface area contributed by atoms with Crippen molar-refractivity contribution in [3.8, 4) is 0 Å². The Kier molecular flexibility index (Phi) is 4.69. The first-order valence-corrected chi connectivity index (χ1v) is 7.58. The standard InChI is InChI=1S/2C7H6N2S.H2O/c2*8-7-9-5-3-1-2-4-6(5)10-7;/h2*1-4H,(H2,8,9);1H2. The molecule has 21 heavy (non-hydrogen) atoms. The smallest absolute Gasteiger partial charge is 0.181 e. The molecule has 2 heterocycles. The third kappa shape index (κ3) is 3.46. The van der Waals surface area contributed by atoms with Crippen molar-refractivity contribution in [3.05, 3.63) is 48.5 Å². The molecule has 0 radical (unpaired) electrons. The maximum Gasteiger partial charge on any atom is 0.181 e. The van der Waals surface area contributed by atoms with Crippen LogP contribution in [0.4, 0.5) is 10.3 Å². The molecule has 0 atom stereocenters. The molecular weight excluding hydrogens is 304 g/mol. The Morgan fingerprint density at radius 3 is 1.43 bits per heavy atom. The molecule has 0 saturated carbocycles. The van der Waals surface area contributed by atoms with Gasteiger partial charge in [-0.1, -0.05) is 46.9 Å². The van der Waals surface area contributed by atoms with E-state index in [1.165, 1.54) is 22.7 Å². The van der Waals surface area contributed by atoms with E-state index in [9.17, 15) is 0 Å². The molecular formula is C14H14N4OS2. The predicted octanol–water partition coefficient (Wildman–Crippen LogP) is 2.93. The van der Waals surface area contributed by atoms with Crippen LogP contribution in [0, 0.1) is 0 Å². The molecule has 2 aromatic heterocycles. The molecule has 2 aromatic carbocycles. The zero-order valence-electron chi connectivity index (χ0n) is 11.0. The highest BCUT2D eigenvalue weighted by atomic mass is 32.1. The lowest BCUT2D eigenvalue weighted by Crippen LogP contribution is -1.78. The van der Waals surface area contributed by atoms with E-state index in [2.05, 4.69) is 9.97 Å². The van der Waals surface area contributed by atoms with Gasteiger partial charge in [0.2, 0.25) is 0 Å². The number of rotatable bonds is 0. The number of hydrogen-bond acceptors (Lipinski definition) is 6. The topological polar surface area (TPSA) is 109 Å². The maximum atomic E-state index is 5.50. The number of benzene rings is 2. The summed E-state index contributed by atoms with van der Waals surface area (Å²) in [6.45, 7) is 0. The number of aromatic nitrogens is 2. The van der Waals surface area contributed by atoms with E-state index in [1.807, 2.05) is 48.5 Å². The maximum absolute atomic E-state index is 5.50. The molecule has 0 bridgehead atoms. The molecule has 7 heteroatoms. The number of para-hydroxylation sites is 2. The number of fused-ring (bicyclic) bond motifs is 2. The minimum atomic E-state index is 0. The Morgan fingerprint density at radius 2 is 1.05 bits per heavy atom. The summed E-state index contributed by atoms with van der Waals surface area (Å²) in [5.74, 6) is 0. The van der Waals surface area contributed by atoms with Gasteiger partial charge in [0.15, 0.2) is 10.3 Å². The van der Waals surface area contributed by atoms with Crippen molar-refractivity contribution in [2.75, 3.05) is 11.5 Å². The largest absolute Gasteiger partial charge is 0.412 e. The van der Waals surface area contributed by atoms with Crippen LogP contribution in [0.1, 0.15) is 0 Å². The first kappa shape index (κ1) is 15.2. The summed E-state index contributed by atoms with van der Waals surface area (Å²) in [6, 6.07) is 15.8. The van der Waals surface area contributed by atoms with Crippen LogP contribution in [0.2, 0.25) is 0 Å². The van der Waals surface area contributed by atoms with Crippen molar-refractivity contribution in [2.24, 2.45) is 0 Å². The van der Waals surface area contributed by atoms with E-state index >= 15 is 0 Å². The van der Waals surface area contributed by atoms with Gasteiger partial charge in [-0.3, -0.25) is 0 Å². The van der Waals surface area contributed by atoms with Crippen molar-refractivity contribution in [3.63, 3.8) is 0 Å². The van der Waals surface area contributed by atoms with Gasteiger partial charge in [0.25, 0.3) is 0 Å². The van der Waals surface area contributed by atoms with E-state index in [1.54, 1.807) is 0 Å². The van der Waals surface area contributed by atoms with Crippen LogP contribution >= 0.6 is 22.7 Å². The summed E-state index contributed by atoms with van der Waals surface area (Å²) in [5, 5.41) is 1.28. The van der Waals surface area contributed by atoms with Crippen LogP contribution in [-0.2, 0) is 0 Å². The summed E-state index contributed by atoms with van der Waals surface area (Å²) in [7, 11) is 0. The Bertz CT molecular complexity index is 718. The van der Waals surface area contributed by atoms with E-state index < -0.39 is 0 Å². The second kappa shape index (κ2) is 6.49. The second-order valence-electron chi connectivity index (χ2n) is 4.04. The van der Waals surface area contributed by atoms with Gasteiger partial charge in [-0.25, -0.2) is 9.97 Å². The summed E-state index contributed by atoms with van der Waals surface area (Å²) in [6.07, 6.45) is 0. The molecule has 108 valence electrons. The molecule has 0 aliphatic rings. The van der Waals surface area contributed by atoms with Gasteiger partial charge in [0, 0.05) is 0 Å². The molecule has 0 spiro atoms. The first-order chi connectivity index (χ1) is 9.72. The molecule has 0 unspecified atom stereocenters. The van der Waals surface area contributed by atoms with Crippen molar-refractivity contribution in [2.45, 2.75) is 0 Å². The highest BCUT2D eigenvalue weighted by Crippen LogP contribution is 2.23. The zero-order chi connectivity index (χ0) is 13.9. The third-order valence-corrected chi connectivity index (χ3v) is 4.35. The number of hydrogen-bond donors (Lipinski definition) is 2. The summed E-state index contributed by atoms with van der Waals surface area (Å²) in [5.41, 5.74) is 13.0. The van der Waals surface area contributed by atoms with Gasteiger partial charge >= 0.3 is 0 Å². The predicted molar refractivity (Wildman–Crippen MR) is 91.7 cm³/mol. The molecule has 0 amide bonds. The average Bonchev–Trinajstić information content (AvgIpc) is 2.99. The molecule has 5 nitrogen and oxygen atoms in total. The second-order valence-corrected chi connectivity index (χ2v) is 6.16. The van der Waals surface area contributed by atoms with Crippen LogP contribution in [-0.4, -0.2) is 15.4 Å². The van der Waals surface area contributed by atoms with Crippen molar-refractivity contribution >= 4 is 53.4 Å². The number of anilines is 2. The fourth-order valence-corrected chi connectivity index (χ4v) is 3.25. The monoisotopic (exact) mass is 318 g/mol. The molecule has 4 rings (SSSR count). The molecule has 0 aliphatic heterocycles. The highest BCUT2D eigenvalue weighted by Gasteiger charge is 1.97. The van der Waals surface area contributed by atoms with Gasteiger partial charge in [-0.2, -0.15) is 0 Å². The minimum Gasteiger partial charge on any atom is -0.412 e. The van der Waals surface area contributed by atoms with Crippen molar-refractivity contribution < 1.29 is 5.48 Å². The van der Waals surface area contributed by atoms with Gasteiger partial charge in [-0.15, -0.1) is 0 Å². The normalized spacial score (nSPS) is 9.90. The number of thiazole rings is 2. The Balaban J connectivity index is 0.000000147. The first-order valence-electron chi connectivity index (χ1n) is 5.94. The highest BCUT2D eigenvalue weighted by molar-refractivity contribution is 7.22. The lowest BCUT2D eigenvalue weighted by Gasteiger charge is -1.80. The molecule has 4 aromatic rings. The third-order valence-electron chi connectivity index (χ3n) is 2.62. The SMILES string of the molecule is Nc1nc2ccccc2s1.Nc1nc2ccccc2s1.O. The Hall–Kier alpha value is -2.22. The summed E-state index contributed by atoms with van der Waals surface area (Å²) < 4.78 is 2.31. The summed E-state index contributed by atoms with van der Waals surface area (Å²) in [4.78, 5) is 8.22. The molecule has 0 aliphatic carbocycles.